The summed E-state index contributed by atoms with van der Waals surface area (Å²) in [5.41, 5.74) is 4.67. The van der Waals surface area contributed by atoms with Crippen molar-refractivity contribution in [1.29, 1.82) is 0 Å². The largest absolute Gasteiger partial charge is 0.507 e. The zero-order chi connectivity index (χ0) is 22.2. The quantitative estimate of drug-likeness (QED) is 0.207. The van der Waals surface area contributed by atoms with Gasteiger partial charge in [-0.15, -0.1) is 0 Å². The molecular formula is C25H17N3O4. The number of nitro benzene ring substituents is 1. The fourth-order valence-electron chi connectivity index (χ4n) is 3.57. The number of aryl methyl sites for hydroxylation is 1. The van der Waals surface area contributed by atoms with Crippen LogP contribution < -0.4 is 0 Å². The van der Waals surface area contributed by atoms with Gasteiger partial charge < -0.3 is 9.52 Å². The number of aliphatic imine (C=N–C) groups is 1. The molecule has 0 unspecified atom stereocenters. The minimum atomic E-state index is -0.445. The Balaban J connectivity index is 1.45. The molecular weight excluding hydrogens is 406 g/mol. The molecule has 0 aliphatic rings. The molecule has 0 saturated heterocycles. The Bertz CT molecular complexity index is 1520. The number of aromatic hydroxyl groups is 1. The van der Waals surface area contributed by atoms with Crippen LogP contribution in [0.3, 0.4) is 0 Å². The van der Waals surface area contributed by atoms with Gasteiger partial charge in [0.05, 0.1) is 10.6 Å². The van der Waals surface area contributed by atoms with Crippen molar-refractivity contribution in [2.75, 3.05) is 0 Å². The van der Waals surface area contributed by atoms with Crippen LogP contribution in [-0.2, 0) is 0 Å². The molecule has 4 aromatic carbocycles. The lowest BCUT2D eigenvalue weighted by Gasteiger charge is -2.05. The van der Waals surface area contributed by atoms with Gasteiger partial charge in [-0.1, -0.05) is 12.1 Å². The maximum absolute atomic E-state index is 11.0. The van der Waals surface area contributed by atoms with Crippen molar-refractivity contribution in [2.45, 2.75) is 6.92 Å². The number of rotatable bonds is 4. The van der Waals surface area contributed by atoms with Crippen molar-refractivity contribution < 1.29 is 14.4 Å². The molecule has 32 heavy (non-hydrogen) atoms. The van der Waals surface area contributed by atoms with Crippen LogP contribution in [0.2, 0.25) is 0 Å². The van der Waals surface area contributed by atoms with Gasteiger partial charge in [-0.25, -0.2) is 4.98 Å². The average Bonchev–Trinajstić information content (AvgIpc) is 3.21. The predicted octanol–water partition coefficient (Wildman–Crippen LogP) is 6.32. The summed E-state index contributed by atoms with van der Waals surface area (Å²) in [4.78, 5) is 19.6. The van der Waals surface area contributed by atoms with E-state index < -0.39 is 4.92 Å². The second kappa shape index (κ2) is 7.63. The topological polar surface area (TPSA) is 102 Å². The fourth-order valence-corrected chi connectivity index (χ4v) is 3.57. The van der Waals surface area contributed by atoms with Crippen LogP contribution in [0, 0.1) is 17.0 Å². The smallest absolute Gasteiger partial charge is 0.270 e. The van der Waals surface area contributed by atoms with Gasteiger partial charge in [0.1, 0.15) is 11.3 Å². The third kappa shape index (κ3) is 3.56. The third-order valence-electron chi connectivity index (χ3n) is 5.23. The standard InChI is InChI=1S/C25H17N3O4/c1-15-2-11-24-22(12-15)27-25(32-24)16-3-6-18(7-4-16)26-14-21-20-9-8-19(28(30)31)13-17(20)5-10-23(21)29/h2-14,29H,1H3. The summed E-state index contributed by atoms with van der Waals surface area (Å²) >= 11 is 0. The molecule has 0 aliphatic carbocycles. The van der Waals surface area contributed by atoms with E-state index >= 15 is 0 Å². The van der Waals surface area contributed by atoms with Crippen molar-refractivity contribution in [2.24, 2.45) is 4.99 Å². The fraction of sp³-hybridized carbons (Fsp3) is 0.0400. The number of benzene rings is 4. The third-order valence-corrected chi connectivity index (χ3v) is 5.23. The van der Waals surface area contributed by atoms with Gasteiger partial charge in [-0.3, -0.25) is 15.1 Å². The summed E-state index contributed by atoms with van der Waals surface area (Å²) in [5.74, 6) is 0.586. The summed E-state index contributed by atoms with van der Waals surface area (Å²) in [6.45, 7) is 2.01. The van der Waals surface area contributed by atoms with Gasteiger partial charge in [0, 0.05) is 29.5 Å². The molecule has 1 aromatic heterocycles. The van der Waals surface area contributed by atoms with Crippen molar-refractivity contribution in [3.05, 3.63) is 94.0 Å². The number of oxazole rings is 1. The Morgan fingerprint density at radius 1 is 1.03 bits per heavy atom. The highest BCUT2D eigenvalue weighted by molar-refractivity contribution is 6.03. The number of non-ortho nitro benzene ring substituents is 1. The number of aromatic nitrogens is 1. The highest BCUT2D eigenvalue weighted by atomic mass is 16.6. The Morgan fingerprint density at radius 2 is 1.84 bits per heavy atom. The van der Waals surface area contributed by atoms with E-state index in [0.29, 0.717) is 27.9 Å². The molecule has 0 fully saturated rings. The number of nitrogens with zero attached hydrogens (tertiary/aromatic N) is 3. The molecule has 0 saturated carbocycles. The first-order valence-electron chi connectivity index (χ1n) is 9.90. The van der Waals surface area contributed by atoms with Gasteiger partial charge in [-0.2, -0.15) is 0 Å². The highest BCUT2D eigenvalue weighted by Gasteiger charge is 2.11. The second-order valence-corrected chi connectivity index (χ2v) is 7.46. The van der Waals surface area contributed by atoms with Crippen molar-refractivity contribution in [3.63, 3.8) is 0 Å². The first kappa shape index (κ1) is 19.4. The Kier molecular flexibility index (Phi) is 4.63. The summed E-state index contributed by atoms with van der Waals surface area (Å²) in [7, 11) is 0. The van der Waals surface area contributed by atoms with E-state index in [1.54, 1.807) is 18.3 Å². The first-order valence-corrected chi connectivity index (χ1v) is 9.90. The van der Waals surface area contributed by atoms with E-state index in [1.165, 1.54) is 18.2 Å². The Labute approximate surface area is 182 Å². The molecule has 0 amide bonds. The molecule has 7 nitrogen and oxygen atoms in total. The highest BCUT2D eigenvalue weighted by Crippen LogP contribution is 2.30. The second-order valence-electron chi connectivity index (χ2n) is 7.46. The normalized spacial score (nSPS) is 11.5. The number of phenols is 1. The Hall–Kier alpha value is -4.52. The number of fused-ring (bicyclic) bond motifs is 2. The number of nitro groups is 1. The molecule has 0 bridgehead atoms. The lowest BCUT2D eigenvalue weighted by atomic mass is 10.0. The van der Waals surface area contributed by atoms with Gasteiger partial charge in [0.15, 0.2) is 5.58 Å². The van der Waals surface area contributed by atoms with Crippen molar-refractivity contribution in [1.82, 2.24) is 4.98 Å². The summed E-state index contributed by atoms with van der Waals surface area (Å²) in [5, 5.41) is 22.7. The van der Waals surface area contributed by atoms with Crippen LogP contribution in [0.15, 0.2) is 82.2 Å². The van der Waals surface area contributed by atoms with Gasteiger partial charge in [0.2, 0.25) is 5.89 Å². The summed E-state index contributed by atoms with van der Waals surface area (Å²) in [6.07, 6.45) is 1.56. The van der Waals surface area contributed by atoms with Crippen LogP contribution in [-0.4, -0.2) is 21.2 Å². The first-order chi connectivity index (χ1) is 15.5. The van der Waals surface area contributed by atoms with Crippen LogP contribution in [0.4, 0.5) is 11.4 Å². The van der Waals surface area contributed by atoms with Crippen LogP contribution in [0.5, 0.6) is 5.75 Å². The average molecular weight is 423 g/mol. The molecule has 0 spiro atoms. The molecule has 7 heteroatoms. The Morgan fingerprint density at radius 3 is 2.62 bits per heavy atom. The minimum absolute atomic E-state index is 0.00368. The van der Waals surface area contributed by atoms with E-state index in [0.717, 1.165) is 22.2 Å². The van der Waals surface area contributed by atoms with Crippen LogP contribution in [0.1, 0.15) is 11.1 Å². The molecule has 0 radical (unpaired) electrons. The number of hydrogen-bond acceptors (Lipinski definition) is 6. The summed E-state index contributed by atoms with van der Waals surface area (Å²) < 4.78 is 5.84. The summed E-state index contributed by atoms with van der Waals surface area (Å²) in [6, 6.07) is 20.9. The number of phenolic OH excluding ortho intramolecular Hbond substituents is 1. The maximum Gasteiger partial charge on any atom is 0.270 e. The maximum atomic E-state index is 11.0. The van der Waals surface area contributed by atoms with Crippen LogP contribution in [0.25, 0.3) is 33.3 Å². The van der Waals surface area contributed by atoms with E-state index in [9.17, 15) is 15.2 Å². The molecule has 1 heterocycles. The molecule has 5 rings (SSSR count). The molecule has 1 N–H and O–H groups in total. The minimum Gasteiger partial charge on any atom is -0.507 e. The predicted molar refractivity (Wildman–Crippen MR) is 124 cm³/mol. The van der Waals surface area contributed by atoms with Gasteiger partial charge in [0.25, 0.3) is 5.69 Å². The van der Waals surface area contributed by atoms with Crippen molar-refractivity contribution >= 4 is 39.5 Å². The zero-order valence-electron chi connectivity index (χ0n) is 17.0. The van der Waals surface area contributed by atoms with Crippen LogP contribution >= 0.6 is 0 Å². The molecule has 0 atom stereocenters. The number of hydrogen-bond donors (Lipinski definition) is 1. The SMILES string of the molecule is Cc1ccc2oc(-c3ccc(N=Cc4c(O)ccc5cc([N+](=O)[O-])ccc45)cc3)nc2c1. The van der Waals surface area contributed by atoms with Crippen molar-refractivity contribution in [3.8, 4) is 17.2 Å². The van der Waals surface area contributed by atoms with E-state index in [1.807, 2.05) is 49.4 Å². The van der Waals surface area contributed by atoms with E-state index in [2.05, 4.69) is 9.98 Å². The van der Waals surface area contributed by atoms with Gasteiger partial charge >= 0.3 is 0 Å². The van der Waals surface area contributed by atoms with E-state index in [-0.39, 0.29) is 11.4 Å². The molecule has 156 valence electrons. The molecule has 5 aromatic rings. The van der Waals surface area contributed by atoms with E-state index in [4.69, 9.17) is 4.42 Å². The zero-order valence-corrected chi connectivity index (χ0v) is 17.0. The van der Waals surface area contributed by atoms with Gasteiger partial charge in [-0.05, 0) is 71.8 Å². The monoisotopic (exact) mass is 423 g/mol. The lowest BCUT2D eigenvalue weighted by Crippen LogP contribution is -1.90. The lowest BCUT2D eigenvalue weighted by molar-refractivity contribution is -0.384. The molecule has 0 aliphatic heterocycles.